The molecule has 1 amide bonds. The third-order valence-electron chi connectivity index (χ3n) is 4.07. The Kier molecular flexibility index (Phi) is 3.54. The minimum Gasteiger partial charge on any atom is -0.507 e. The molecule has 4 nitrogen and oxygen atoms in total. The van der Waals surface area contributed by atoms with Gasteiger partial charge in [-0.15, -0.1) is 0 Å². The maximum atomic E-state index is 12.5. The number of carbonyl (C=O) groups excluding carboxylic acids is 1. The number of piperazine rings is 1. The topological polar surface area (TPSA) is 43.8 Å². The van der Waals surface area contributed by atoms with Crippen molar-refractivity contribution in [2.45, 2.75) is 26.3 Å². The summed E-state index contributed by atoms with van der Waals surface area (Å²) in [7, 11) is 2.08. The van der Waals surface area contributed by atoms with E-state index in [1.807, 2.05) is 11.0 Å². The van der Waals surface area contributed by atoms with Crippen LogP contribution in [0.3, 0.4) is 0 Å². The zero-order valence-corrected chi connectivity index (χ0v) is 12.1. The molecule has 104 valence electrons. The van der Waals surface area contributed by atoms with Gasteiger partial charge in [-0.3, -0.25) is 9.69 Å². The molecule has 19 heavy (non-hydrogen) atoms. The lowest BCUT2D eigenvalue weighted by Crippen LogP contribution is -2.58. The van der Waals surface area contributed by atoms with Gasteiger partial charge in [0, 0.05) is 25.2 Å². The van der Waals surface area contributed by atoms with E-state index in [2.05, 4.69) is 25.8 Å². The number of phenols is 1. The minimum atomic E-state index is -0.0811. The molecule has 1 aliphatic heterocycles. The highest BCUT2D eigenvalue weighted by Crippen LogP contribution is 2.26. The molecule has 1 saturated heterocycles. The average molecular weight is 262 g/mol. The zero-order valence-electron chi connectivity index (χ0n) is 12.1. The number of aryl methyl sites for hydroxylation is 1. The molecule has 1 fully saturated rings. The second-order valence-electron chi connectivity index (χ2n) is 5.93. The van der Waals surface area contributed by atoms with E-state index in [4.69, 9.17) is 0 Å². The Bertz CT molecular complexity index is 497. The molecule has 0 saturated carbocycles. The van der Waals surface area contributed by atoms with Gasteiger partial charge in [-0.25, -0.2) is 0 Å². The summed E-state index contributed by atoms with van der Waals surface area (Å²) in [5, 5.41) is 10.0. The van der Waals surface area contributed by atoms with Crippen molar-refractivity contribution in [1.82, 2.24) is 9.80 Å². The molecule has 4 heteroatoms. The Labute approximate surface area is 114 Å². The number of rotatable bonds is 1. The van der Waals surface area contributed by atoms with Crippen molar-refractivity contribution in [3.05, 3.63) is 29.3 Å². The summed E-state index contributed by atoms with van der Waals surface area (Å²) >= 11 is 0. The van der Waals surface area contributed by atoms with Gasteiger partial charge < -0.3 is 10.0 Å². The predicted octanol–water partition coefficient (Wildman–Crippen LogP) is 1.87. The van der Waals surface area contributed by atoms with Crippen LogP contribution in [0.25, 0.3) is 0 Å². The van der Waals surface area contributed by atoms with Gasteiger partial charge >= 0.3 is 0 Å². The number of hydrogen-bond acceptors (Lipinski definition) is 3. The number of carbonyl (C=O) groups is 1. The minimum absolute atomic E-state index is 0.0344. The van der Waals surface area contributed by atoms with Gasteiger partial charge in [0.2, 0.25) is 0 Å². The second kappa shape index (κ2) is 4.85. The summed E-state index contributed by atoms with van der Waals surface area (Å²) in [6.07, 6.45) is 0. The van der Waals surface area contributed by atoms with E-state index < -0.39 is 0 Å². The normalized spacial score (nSPS) is 19.5. The van der Waals surface area contributed by atoms with Crippen LogP contribution >= 0.6 is 0 Å². The van der Waals surface area contributed by atoms with Crippen LogP contribution in [0, 0.1) is 6.92 Å². The summed E-state index contributed by atoms with van der Waals surface area (Å²) in [5.41, 5.74) is 1.10. The number of hydrogen-bond donors (Lipinski definition) is 1. The summed E-state index contributed by atoms with van der Waals surface area (Å²) in [5.74, 6) is 0.0200. The molecule has 0 bridgehead atoms. The lowest BCUT2D eigenvalue weighted by Gasteiger charge is -2.45. The summed E-state index contributed by atoms with van der Waals surface area (Å²) in [6, 6.07) is 5.31. The molecule has 1 heterocycles. The molecule has 1 aliphatic rings. The van der Waals surface area contributed by atoms with Crippen LogP contribution in [0.5, 0.6) is 5.75 Å². The van der Waals surface area contributed by atoms with E-state index in [9.17, 15) is 9.90 Å². The zero-order chi connectivity index (χ0) is 14.2. The van der Waals surface area contributed by atoms with Crippen LogP contribution in [0.4, 0.5) is 0 Å². The number of likely N-dealkylation sites (N-methyl/N-ethyl adjacent to an activating group) is 1. The first-order chi connectivity index (χ1) is 8.83. The highest BCUT2D eigenvalue weighted by atomic mass is 16.3. The molecule has 0 aliphatic carbocycles. The predicted molar refractivity (Wildman–Crippen MR) is 75.5 cm³/mol. The van der Waals surface area contributed by atoms with Gasteiger partial charge in [-0.1, -0.05) is 12.1 Å². The van der Waals surface area contributed by atoms with Crippen molar-refractivity contribution in [2.24, 2.45) is 0 Å². The van der Waals surface area contributed by atoms with Crippen molar-refractivity contribution in [1.29, 1.82) is 0 Å². The van der Waals surface area contributed by atoms with E-state index in [1.54, 1.807) is 19.1 Å². The molecule has 1 aromatic rings. The first kappa shape index (κ1) is 13.9. The third-order valence-corrected chi connectivity index (χ3v) is 4.07. The van der Waals surface area contributed by atoms with Gasteiger partial charge in [0.15, 0.2) is 0 Å². The van der Waals surface area contributed by atoms with Crippen LogP contribution < -0.4 is 0 Å². The number of benzene rings is 1. The van der Waals surface area contributed by atoms with Crippen molar-refractivity contribution < 1.29 is 9.90 Å². The van der Waals surface area contributed by atoms with Crippen LogP contribution in [0.15, 0.2) is 18.2 Å². The van der Waals surface area contributed by atoms with Crippen LogP contribution in [0.2, 0.25) is 0 Å². The lowest BCUT2D eigenvalue weighted by atomic mass is 9.98. The van der Waals surface area contributed by atoms with E-state index >= 15 is 0 Å². The van der Waals surface area contributed by atoms with Crippen molar-refractivity contribution in [3.8, 4) is 5.75 Å². The summed E-state index contributed by atoms with van der Waals surface area (Å²) < 4.78 is 0. The van der Waals surface area contributed by atoms with E-state index in [1.165, 1.54) is 0 Å². The van der Waals surface area contributed by atoms with Crippen LogP contribution in [0.1, 0.15) is 29.8 Å². The highest BCUT2D eigenvalue weighted by molar-refractivity contribution is 5.97. The maximum Gasteiger partial charge on any atom is 0.257 e. The van der Waals surface area contributed by atoms with Gasteiger partial charge in [0.1, 0.15) is 5.75 Å². The fourth-order valence-electron chi connectivity index (χ4n) is 2.42. The van der Waals surface area contributed by atoms with Crippen molar-refractivity contribution >= 4 is 5.91 Å². The molecule has 0 unspecified atom stereocenters. The average Bonchev–Trinajstić information content (AvgIpc) is 2.35. The molecule has 0 spiro atoms. The molecule has 0 radical (unpaired) electrons. The fourth-order valence-corrected chi connectivity index (χ4v) is 2.42. The third kappa shape index (κ3) is 2.59. The largest absolute Gasteiger partial charge is 0.507 e. The lowest BCUT2D eigenvalue weighted by molar-refractivity contribution is 0.0309. The molecular weight excluding hydrogens is 240 g/mol. The summed E-state index contributed by atoms with van der Waals surface area (Å²) in [4.78, 5) is 16.6. The van der Waals surface area contributed by atoms with Gasteiger partial charge in [0.25, 0.3) is 5.91 Å². The smallest absolute Gasteiger partial charge is 0.257 e. The molecule has 1 aromatic carbocycles. The Morgan fingerprint density at radius 2 is 2.00 bits per heavy atom. The first-order valence-electron chi connectivity index (χ1n) is 6.62. The van der Waals surface area contributed by atoms with Crippen molar-refractivity contribution in [3.63, 3.8) is 0 Å². The number of phenolic OH excluding ortho intramolecular Hbond substituents is 1. The Morgan fingerprint density at radius 1 is 1.32 bits per heavy atom. The molecule has 0 aromatic heterocycles. The van der Waals surface area contributed by atoms with E-state index in [0.717, 1.165) is 12.1 Å². The SMILES string of the molecule is Cc1cccc(C(=O)N2CCN(C)C(C)(C)C2)c1O. The number of amides is 1. The standard InChI is InChI=1S/C15H22N2O2/c1-11-6-5-7-12(13(11)18)14(19)17-9-8-16(4)15(2,3)10-17/h5-7,18H,8-10H2,1-4H3. The van der Waals surface area contributed by atoms with E-state index in [-0.39, 0.29) is 17.2 Å². The molecule has 2 rings (SSSR count). The van der Waals surface area contributed by atoms with Gasteiger partial charge in [-0.2, -0.15) is 0 Å². The number of aromatic hydroxyl groups is 1. The number of nitrogens with zero attached hydrogens (tertiary/aromatic N) is 2. The summed E-state index contributed by atoms with van der Waals surface area (Å²) in [6.45, 7) is 8.29. The second-order valence-corrected chi connectivity index (χ2v) is 5.93. The quantitative estimate of drug-likeness (QED) is 0.840. The van der Waals surface area contributed by atoms with Crippen LogP contribution in [-0.2, 0) is 0 Å². The van der Waals surface area contributed by atoms with Gasteiger partial charge in [-0.05, 0) is 39.4 Å². The van der Waals surface area contributed by atoms with Gasteiger partial charge in [0.05, 0.1) is 5.56 Å². The number of para-hydroxylation sites is 1. The first-order valence-corrected chi connectivity index (χ1v) is 6.62. The molecular formula is C15H22N2O2. The molecule has 0 atom stereocenters. The molecule has 1 N–H and O–H groups in total. The highest BCUT2D eigenvalue weighted by Gasteiger charge is 2.34. The van der Waals surface area contributed by atoms with Crippen LogP contribution in [-0.4, -0.2) is 53.0 Å². The monoisotopic (exact) mass is 262 g/mol. The Hall–Kier alpha value is -1.55. The Balaban J connectivity index is 2.23. The Morgan fingerprint density at radius 3 is 2.63 bits per heavy atom. The van der Waals surface area contributed by atoms with Crippen molar-refractivity contribution in [2.75, 3.05) is 26.7 Å². The van der Waals surface area contributed by atoms with E-state index in [0.29, 0.717) is 18.7 Å². The maximum absolute atomic E-state index is 12.5. The fraction of sp³-hybridized carbons (Fsp3) is 0.533.